The van der Waals surface area contributed by atoms with Crippen LogP contribution in [0.4, 0.5) is 11.6 Å². The zero-order chi connectivity index (χ0) is 13.3. The number of anilines is 2. The third kappa shape index (κ3) is 5.57. The van der Waals surface area contributed by atoms with Crippen LogP contribution in [0.5, 0.6) is 0 Å². The van der Waals surface area contributed by atoms with Crippen LogP contribution >= 0.6 is 0 Å². The molecule has 0 atom stereocenters. The maximum absolute atomic E-state index is 4.58. The standard InChI is InChI=1S/C14H25N3/c1-10-8-11(16-13(2,3)4)15-12(9-10)17-14(5,6)7/h8-9H,1-7H3,(H2,15,16,17). The molecule has 1 rings (SSSR count). The molecule has 0 bridgehead atoms. The van der Waals surface area contributed by atoms with Crippen LogP contribution in [0.1, 0.15) is 47.1 Å². The summed E-state index contributed by atoms with van der Waals surface area (Å²) in [5, 5.41) is 6.79. The first-order chi connectivity index (χ1) is 7.55. The highest BCUT2D eigenvalue weighted by molar-refractivity contribution is 5.50. The summed E-state index contributed by atoms with van der Waals surface area (Å²) in [6.45, 7) is 14.9. The minimum absolute atomic E-state index is 0.0276. The fraction of sp³-hybridized carbons (Fsp3) is 0.643. The van der Waals surface area contributed by atoms with Gasteiger partial charge in [0.1, 0.15) is 11.6 Å². The van der Waals surface area contributed by atoms with E-state index in [4.69, 9.17) is 0 Å². The highest BCUT2D eigenvalue weighted by Gasteiger charge is 2.13. The molecule has 0 saturated carbocycles. The van der Waals surface area contributed by atoms with Gasteiger partial charge in [-0.15, -0.1) is 0 Å². The van der Waals surface area contributed by atoms with Crippen molar-refractivity contribution in [3.8, 4) is 0 Å². The minimum Gasteiger partial charge on any atom is -0.365 e. The van der Waals surface area contributed by atoms with E-state index in [1.165, 1.54) is 5.56 Å². The Bertz CT molecular complexity index is 349. The van der Waals surface area contributed by atoms with Crippen molar-refractivity contribution in [2.75, 3.05) is 10.6 Å². The lowest BCUT2D eigenvalue weighted by molar-refractivity contribution is 0.624. The molecule has 0 aliphatic carbocycles. The molecule has 0 saturated heterocycles. The number of aromatic nitrogens is 1. The Labute approximate surface area is 105 Å². The van der Waals surface area contributed by atoms with Gasteiger partial charge in [-0.25, -0.2) is 4.98 Å². The number of pyridine rings is 1. The molecule has 0 amide bonds. The van der Waals surface area contributed by atoms with E-state index in [-0.39, 0.29) is 11.1 Å². The molecule has 0 aliphatic rings. The van der Waals surface area contributed by atoms with Gasteiger partial charge in [0, 0.05) is 11.1 Å². The van der Waals surface area contributed by atoms with E-state index in [1.807, 2.05) is 0 Å². The van der Waals surface area contributed by atoms with E-state index in [0.29, 0.717) is 0 Å². The van der Waals surface area contributed by atoms with Crippen LogP contribution in [0.3, 0.4) is 0 Å². The summed E-state index contributed by atoms with van der Waals surface area (Å²) in [7, 11) is 0. The molecule has 3 nitrogen and oxygen atoms in total. The topological polar surface area (TPSA) is 37.0 Å². The molecule has 0 aromatic carbocycles. The summed E-state index contributed by atoms with van der Waals surface area (Å²) in [5.41, 5.74) is 1.26. The molecule has 0 fully saturated rings. The fourth-order valence-corrected chi connectivity index (χ4v) is 1.56. The Kier molecular flexibility index (Phi) is 3.70. The minimum atomic E-state index is 0.0276. The summed E-state index contributed by atoms with van der Waals surface area (Å²) in [5.74, 6) is 1.84. The molecule has 96 valence electrons. The molecule has 2 N–H and O–H groups in total. The lowest BCUT2D eigenvalue weighted by Gasteiger charge is -2.24. The normalized spacial score (nSPS) is 12.4. The molecule has 17 heavy (non-hydrogen) atoms. The van der Waals surface area contributed by atoms with E-state index in [1.54, 1.807) is 0 Å². The Hall–Kier alpha value is -1.25. The van der Waals surface area contributed by atoms with Gasteiger partial charge in [0.2, 0.25) is 0 Å². The zero-order valence-electron chi connectivity index (χ0n) is 12.1. The summed E-state index contributed by atoms with van der Waals surface area (Å²) in [6, 6.07) is 4.14. The monoisotopic (exact) mass is 235 g/mol. The lowest BCUT2D eigenvalue weighted by Crippen LogP contribution is -2.29. The average molecular weight is 235 g/mol. The molecular formula is C14H25N3. The van der Waals surface area contributed by atoms with Gasteiger partial charge in [0.05, 0.1) is 0 Å². The Morgan fingerprint density at radius 2 is 1.18 bits per heavy atom. The molecule has 3 heteroatoms. The molecule has 1 aromatic rings. The highest BCUT2D eigenvalue weighted by Crippen LogP contribution is 2.19. The van der Waals surface area contributed by atoms with Crippen molar-refractivity contribution in [2.45, 2.75) is 59.5 Å². The van der Waals surface area contributed by atoms with Gasteiger partial charge in [0.15, 0.2) is 0 Å². The second-order valence-corrected chi connectivity index (χ2v) is 6.66. The summed E-state index contributed by atoms with van der Waals surface area (Å²) in [6.07, 6.45) is 0. The molecule has 0 spiro atoms. The van der Waals surface area contributed by atoms with Crippen molar-refractivity contribution in [3.05, 3.63) is 17.7 Å². The largest absolute Gasteiger partial charge is 0.365 e. The highest BCUT2D eigenvalue weighted by atomic mass is 15.1. The van der Waals surface area contributed by atoms with Gasteiger partial charge < -0.3 is 10.6 Å². The number of rotatable bonds is 2. The third-order valence-electron chi connectivity index (χ3n) is 1.98. The van der Waals surface area contributed by atoms with Crippen LogP contribution in [0, 0.1) is 6.92 Å². The van der Waals surface area contributed by atoms with Gasteiger partial charge in [-0.05, 0) is 66.2 Å². The van der Waals surface area contributed by atoms with Crippen molar-refractivity contribution in [2.24, 2.45) is 0 Å². The van der Waals surface area contributed by atoms with E-state index in [0.717, 1.165) is 11.6 Å². The van der Waals surface area contributed by atoms with Crippen LogP contribution in [0.25, 0.3) is 0 Å². The Morgan fingerprint density at radius 3 is 1.47 bits per heavy atom. The fourth-order valence-electron chi connectivity index (χ4n) is 1.56. The summed E-state index contributed by atoms with van der Waals surface area (Å²) in [4.78, 5) is 4.58. The predicted octanol–water partition coefficient (Wildman–Crippen LogP) is 3.81. The smallest absolute Gasteiger partial charge is 0.129 e. The SMILES string of the molecule is Cc1cc(NC(C)(C)C)nc(NC(C)(C)C)c1. The average Bonchev–Trinajstić information content (AvgIpc) is 1.93. The van der Waals surface area contributed by atoms with Crippen molar-refractivity contribution >= 4 is 11.6 Å². The number of nitrogens with one attached hydrogen (secondary N) is 2. The number of aryl methyl sites for hydroxylation is 1. The molecule has 0 radical (unpaired) electrons. The van der Waals surface area contributed by atoms with Crippen molar-refractivity contribution in [3.63, 3.8) is 0 Å². The van der Waals surface area contributed by atoms with E-state index in [2.05, 4.69) is 76.2 Å². The van der Waals surface area contributed by atoms with Crippen LogP contribution in [0.2, 0.25) is 0 Å². The molecule has 0 aliphatic heterocycles. The van der Waals surface area contributed by atoms with Crippen molar-refractivity contribution in [1.29, 1.82) is 0 Å². The Balaban J connectivity index is 2.95. The first-order valence-corrected chi connectivity index (χ1v) is 6.10. The lowest BCUT2D eigenvalue weighted by atomic mass is 10.1. The number of hydrogen-bond acceptors (Lipinski definition) is 3. The van der Waals surface area contributed by atoms with Gasteiger partial charge in [0.25, 0.3) is 0 Å². The Morgan fingerprint density at radius 1 is 0.824 bits per heavy atom. The van der Waals surface area contributed by atoms with E-state index < -0.39 is 0 Å². The first-order valence-electron chi connectivity index (χ1n) is 6.10. The quantitative estimate of drug-likeness (QED) is 0.818. The second kappa shape index (κ2) is 4.55. The summed E-state index contributed by atoms with van der Waals surface area (Å²) < 4.78 is 0. The van der Waals surface area contributed by atoms with E-state index in [9.17, 15) is 0 Å². The second-order valence-electron chi connectivity index (χ2n) is 6.66. The third-order valence-corrected chi connectivity index (χ3v) is 1.98. The van der Waals surface area contributed by atoms with Crippen LogP contribution in [0.15, 0.2) is 12.1 Å². The molecule has 1 aromatic heterocycles. The van der Waals surface area contributed by atoms with Gasteiger partial charge in [-0.3, -0.25) is 0 Å². The van der Waals surface area contributed by atoms with Gasteiger partial charge in [-0.1, -0.05) is 0 Å². The maximum Gasteiger partial charge on any atom is 0.129 e. The number of hydrogen-bond donors (Lipinski definition) is 2. The van der Waals surface area contributed by atoms with Crippen LogP contribution in [-0.2, 0) is 0 Å². The zero-order valence-corrected chi connectivity index (χ0v) is 12.1. The molecular weight excluding hydrogens is 210 g/mol. The number of nitrogens with zero attached hydrogens (tertiary/aromatic N) is 1. The van der Waals surface area contributed by atoms with Crippen molar-refractivity contribution in [1.82, 2.24) is 4.98 Å². The van der Waals surface area contributed by atoms with Crippen LogP contribution in [-0.4, -0.2) is 16.1 Å². The maximum atomic E-state index is 4.58. The van der Waals surface area contributed by atoms with Gasteiger partial charge in [-0.2, -0.15) is 0 Å². The molecule has 0 unspecified atom stereocenters. The first kappa shape index (κ1) is 13.8. The van der Waals surface area contributed by atoms with Crippen molar-refractivity contribution < 1.29 is 0 Å². The van der Waals surface area contributed by atoms with E-state index >= 15 is 0 Å². The molecule has 1 heterocycles. The van der Waals surface area contributed by atoms with Gasteiger partial charge >= 0.3 is 0 Å². The summed E-state index contributed by atoms with van der Waals surface area (Å²) >= 11 is 0. The van der Waals surface area contributed by atoms with Crippen LogP contribution < -0.4 is 10.6 Å². The predicted molar refractivity (Wildman–Crippen MR) is 75.7 cm³/mol.